The number of carbonyl (C=O) groups excluding carboxylic acids is 1. The maximum absolute atomic E-state index is 11.8. The Morgan fingerprint density at radius 2 is 2.04 bits per heavy atom. The summed E-state index contributed by atoms with van der Waals surface area (Å²) < 4.78 is 11.1. The van der Waals surface area contributed by atoms with Crippen LogP contribution >= 0.6 is 0 Å². The van der Waals surface area contributed by atoms with Crippen molar-refractivity contribution < 1.29 is 14.3 Å². The maximum atomic E-state index is 11.8. The third-order valence-corrected chi connectivity index (χ3v) is 6.88. The van der Waals surface area contributed by atoms with E-state index in [4.69, 9.17) is 20.2 Å². The van der Waals surface area contributed by atoms with E-state index < -0.39 is 0 Å². The molecule has 0 bridgehead atoms. The lowest BCUT2D eigenvalue weighted by molar-refractivity contribution is -0.117. The number of guanidine groups is 1. The Labute approximate surface area is 155 Å². The minimum atomic E-state index is -0.211. The molecule has 7 nitrogen and oxygen atoms in total. The van der Waals surface area contributed by atoms with Crippen LogP contribution in [0.15, 0.2) is 4.99 Å². The van der Waals surface area contributed by atoms with Gasteiger partial charge in [-0.05, 0) is 39.0 Å². The van der Waals surface area contributed by atoms with Crippen molar-refractivity contribution in [2.75, 3.05) is 26.3 Å². The van der Waals surface area contributed by atoms with E-state index in [1.165, 1.54) is 25.7 Å². The van der Waals surface area contributed by atoms with Crippen LogP contribution in [0.3, 0.4) is 0 Å². The molecule has 2 aliphatic heterocycles. The molecule has 146 valence electrons. The Kier molecular flexibility index (Phi) is 4.99. The first-order valence-electron chi connectivity index (χ1n) is 10.3. The van der Waals surface area contributed by atoms with Crippen LogP contribution in [0.4, 0.5) is 4.79 Å². The number of hydrogen-bond donors (Lipinski definition) is 2. The third kappa shape index (κ3) is 3.04. The summed E-state index contributed by atoms with van der Waals surface area (Å²) in [6.07, 6.45) is 8.11. The van der Waals surface area contributed by atoms with Gasteiger partial charge in [-0.2, -0.15) is 0 Å². The smallest absolute Gasteiger partial charge is 0.409 e. The summed E-state index contributed by atoms with van der Waals surface area (Å²) in [5.41, 5.74) is 6.53. The molecule has 2 heterocycles. The largest absolute Gasteiger partial charge is 0.450 e. The fraction of sp³-hybridized carbons (Fsp3) is 0.895. The number of hydrogen-bond acceptors (Lipinski definition) is 4. The summed E-state index contributed by atoms with van der Waals surface area (Å²) in [4.78, 5) is 18.5. The highest BCUT2D eigenvalue weighted by atomic mass is 16.6. The minimum Gasteiger partial charge on any atom is -0.450 e. The summed E-state index contributed by atoms with van der Waals surface area (Å²) >= 11 is 0. The number of rotatable bonds is 3. The van der Waals surface area contributed by atoms with Gasteiger partial charge in [0.05, 0.1) is 18.8 Å². The number of fused-ring (bicyclic) bond motifs is 2. The number of piperidine rings is 1. The van der Waals surface area contributed by atoms with Crippen molar-refractivity contribution in [1.29, 1.82) is 0 Å². The van der Waals surface area contributed by atoms with Gasteiger partial charge in [-0.25, -0.2) is 9.79 Å². The molecule has 2 saturated carbocycles. The van der Waals surface area contributed by atoms with E-state index in [9.17, 15) is 4.79 Å². The molecule has 3 N–H and O–H groups in total. The quantitative estimate of drug-likeness (QED) is 0.589. The Morgan fingerprint density at radius 3 is 2.73 bits per heavy atom. The molecule has 0 aromatic heterocycles. The second kappa shape index (κ2) is 7.25. The number of nitrogens with zero attached hydrogens (tertiary/aromatic N) is 2. The molecular weight excluding hydrogens is 332 g/mol. The number of likely N-dealkylation sites (tertiary alicyclic amines) is 1. The Morgan fingerprint density at radius 1 is 1.31 bits per heavy atom. The molecule has 0 aromatic rings. The molecule has 0 aromatic carbocycles. The predicted molar refractivity (Wildman–Crippen MR) is 98.9 cm³/mol. The van der Waals surface area contributed by atoms with Crippen molar-refractivity contribution in [2.24, 2.45) is 22.1 Å². The summed E-state index contributed by atoms with van der Waals surface area (Å²) in [5.74, 6) is 1.13. The van der Waals surface area contributed by atoms with E-state index >= 15 is 0 Å². The monoisotopic (exact) mass is 364 g/mol. The van der Waals surface area contributed by atoms with Crippen molar-refractivity contribution in [3.63, 3.8) is 0 Å². The van der Waals surface area contributed by atoms with Crippen LogP contribution in [0.1, 0.15) is 51.9 Å². The zero-order chi connectivity index (χ0) is 18.1. The van der Waals surface area contributed by atoms with Crippen LogP contribution in [0, 0.1) is 11.3 Å². The molecule has 3 unspecified atom stereocenters. The molecule has 3 atom stereocenters. The number of nitrogens with one attached hydrogen (secondary N) is 1. The summed E-state index contributed by atoms with van der Waals surface area (Å²) in [5, 5.41) is 3.40. The molecule has 1 amide bonds. The van der Waals surface area contributed by atoms with E-state index in [0.29, 0.717) is 43.7 Å². The average molecular weight is 364 g/mol. The average Bonchev–Trinajstić information content (AvgIpc) is 3.29. The number of ether oxygens (including phenoxy) is 2. The predicted octanol–water partition coefficient (Wildman–Crippen LogP) is 1.86. The van der Waals surface area contributed by atoms with Gasteiger partial charge in [0, 0.05) is 37.1 Å². The molecule has 7 heteroatoms. The number of aliphatic imine (C=N–C) groups is 1. The van der Waals surface area contributed by atoms with Crippen LogP contribution < -0.4 is 11.1 Å². The lowest BCUT2D eigenvalue weighted by Crippen LogP contribution is -2.62. The van der Waals surface area contributed by atoms with E-state index in [-0.39, 0.29) is 17.6 Å². The van der Waals surface area contributed by atoms with Gasteiger partial charge in [0.15, 0.2) is 5.96 Å². The fourth-order valence-corrected chi connectivity index (χ4v) is 5.65. The maximum Gasteiger partial charge on any atom is 0.409 e. The van der Waals surface area contributed by atoms with E-state index in [2.05, 4.69) is 5.32 Å². The Hall–Kier alpha value is -1.50. The van der Waals surface area contributed by atoms with Crippen molar-refractivity contribution in [3.05, 3.63) is 0 Å². The van der Waals surface area contributed by atoms with Gasteiger partial charge in [-0.15, -0.1) is 0 Å². The molecule has 1 spiro atoms. The third-order valence-electron chi connectivity index (χ3n) is 6.88. The highest BCUT2D eigenvalue weighted by Crippen LogP contribution is 2.61. The standard InChI is InChI=1S/C19H32N4O3/c1-2-25-18(24)23-10-5-13(6-11-23)21-17(20)22-15-14-7-12-26-16(14)19(15)8-3-4-9-19/h13-16H,2-12H2,1H3,(H3,20,21,22). The van der Waals surface area contributed by atoms with Crippen LogP contribution in [0.25, 0.3) is 0 Å². The summed E-state index contributed by atoms with van der Waals surface area (Å²) in [6.45, 7) is 4.54. The van der Waals surface area contributed by atoms with Gasteiger partial charge in [0.25, 0.3) is 0 Å². The van der Waals surface area contributed by atoms with Crippen molar-refractivity contribution in [1.82, 2.24) is 10.2 Å². The summed E-state index contributed by atoms with van der Waals surface area (Å²) in [6, 6.07) is 0.601. The Balaban J connectivity index is 1.32. The molecule has 26 heavy (non-hydrogen) atoms. The molecule has 4 rings (SSSR count). The van der Waals surface area contributed by atoms with Crippen molar-refractivity contribution >= 4 is 12.1 Å². The molecule has 4 fully saturated rings. The van der Waals surface area contributed by atoms with Crippen LogP contribution in [-0.2, 0) is 9.47 Å². The first-order valence-corrected chi connectivity index (χ1v) is 10.3. The van der Waals surface area contributed by atoms with Gasteiger partial charge in [0.1, 0.15) is 0 Å². The van der Waals surface area contributed by atoms with E-state index in [1.54, 1.807) is 4.90 Å². The minimum absolute atomic E-state index is 0.211. The van der Waals surface area contributed by atoms with Crippen LogP contribution in [0.2, 0.25) is 0 Å². The number of amides is 1. The second-order valence-corrected chi connectivity index (χ2v) is 8.25. The van der Waals surface area contributed by atoms with E-state index in [1.807, 2.05) is 6.92 Å². The lowest BCUT2D eigenvalue weighted by atomic mass is 9.54. The normalized spacial score (nSPS) is 33.8. The van der Waals surface area contributed by atoms with Crippen molar-refractivity contribution in [2.45, 2.75) is 70.1 Å². The molecule has 0 radical (unpaired) electrons. The van der Waals surface area contributed by atoms with Gasteiger partial charge in [-0.1, -0.05) is 12.8 Å². The Bertz CT molecular complexity index is 553. The molecule has 2 saturated heterocycles. The second-order valence-electron chi connectivity index (χ2n) is 8.25. The highest BCUT2D eigenvalue weighted by Gasteiger charge is 2.65. The SMILES string of the molecule is CCOC(=O)N1CCC(NC(N)=NC2C3CCOC3C23CCCC3)CC1. The number of nitrogens with two attached hydrogens (primary N) is 1. The topological polar surface area (TPSA) is 89.2 Å². The summed E-state index contributed by atoms with van der Waals surface area (Å²) in [7, 11) is 0. The van der Waals surface area contributed by atoms with Crippen LogP contribution in [0.5, 0.6) is 0 Å². The van der Waals surface area contributed by atoms with Crippen molar-refractivity contribution in [3.8, 4) is 0 Å². The first-order chi connectivity index (χ1) is 12.6. The highest BCUT2D eigenvalue weighted by molar-refractivity contribution is 5.78. The molecular formula is C19H32N4O3. The van der Waals surface area contributed by atoms with Gasteiger partial charge in [0.2, 0.25) is 0 Å². The number of carbonyl (C=O) groups is 1. The van der Waals surface area contributed by atoms with Crippen LogP contribution in [-0.4, -0.2) is 61.4 Å². The first kappa shape index (κ1) is 17.9. The van der Waals surface area contributed by atoms with E-state index in [0.717, 1.165) is 25.9 Å². The fourth-order valence-electron chi connectivity index (χ4n) is 5.65. The van der Waals surface area contributed by atoms with Gasteiger partial charge < -0.3 is 25.4 Å². The zero-order valence-electron chi connectivity index (χ0n) is 15.8. The molecule has 2 aliphatic carbocycles. The van der Waals surface area contributed by atoms with Gasteiger partial charge in [-0.3, -0.25) is 0 Å². The lowest BCUT2D eigenvalue weighted by Gasteiger charge is -2.54. The van der Waals surface area contributed by atoms with Gasteiger partial charge >= 0.3 is 6.09 Å². The molecule has 4 aliphatic rings. The zero-order valence-corrected chi connectivity index (χ0v) is 15.8.